The van der Waals surface area contributed by atoms with Crippen molar-refractivity contribution in [3.63, 3.8) is 0 Å². The van der Waals surface area contributed by atoms with Gasteiger partial charge in [-0.05, 0) is 31.5 Å². The minimum Gasteiger partial charge on any atom is -0.352 e. The molecular formula is C15H18FN3. The molecule has 1 atom stereocenters. The minimum atomic E-state index is -0.220. The third-order valence-electron chi connectivity index (χ3n) is 3.03. The molecule has 4 heteroatoms. The van der Waals surface area contributed by atoms with Crippen LogP contribution in [0.3, 0.4) is 0 Å². The molecule has 0 radical (unpaired) electrons. The molecule has 0 amide bonds. The quantitative estimate of drug-likeness (QED) is 0.832. The van der Waals surface area contributed by atoms with Crippen LogP contribution in [-0.4, -0.2) is 16.1 Å². The van der Waals surface area contributed by atoms with Gasteiger partial charge in [-0.2, -0.15) is 0 Å². The monoisotopic (exact) mass is 259 g/mol. The zero-order valence-electron chi connectivity index (χ0n) is 11.2. The Balaban J connectivity index is 2.29. The van der Waals surface area contributed by atoms with Crippen molar-refractivity contribution in [2.24, 2.45) is 0 Å². The van der Waals surface area contributed by atoms with E-state index in [2.05, 4.69) is 23.8 Å². The van der Waals surface area contributed by atoms with Gasteiger partial charge in [0.25, 0.3) is 0 Å². The molecule has 0 aliphatic carbocycles. The summed E-state index contributed by atoms with van der Waals surface area (Å²) in [6.45, 7) is 8.36. The highest BCUT2D eigenvalue weighted by Gasteiger charge is 2.13. The lowest BCUT2D eigenvalue weighted by atomic mass is 10.1. The van der Waals surface area contributed by atoms with Crippen molar-refractivity contribution < 1.29 is 4.39 Å². The second kappa shape index (κ2) is 5.69. The van der Waals surface area contributed by atoms with Crippen LogP contribution in [0.5, 0.6) is 0 Å². The molecule has 3 nitrogen and oxygen atoms in total. The fourth-order valence-corrected chi connectivity index (χ4v) is 2.01. The standard InChI is InChI=1S/C15H18FN3/c1-4-9-17-15-18-11(2)10-19(15)12(3)13-5-7-14(16)8-6-13/h4-8,10,12H,1,9H2,2-3H3,(H,17,18). The predicted octanol–water partition coefficient (Wildman–Crippen LogP) is 3.54. The molecule has 19 heavy (non-hydrogen) atoms. The Labute approximate surface area is 112 Å². The number of nitrogens with zero attached hydrogens (tertiary/aromatic N) is 2. The SMILES string of the molecule is C=CCNc1nc(C)cn1C(C)c1ccc(F)cc1. The highest BCUT2D eigenvalue weighted by molar-refractivity contribution is 5.33. The Kier molecular flexibility index (Phi) is 4.00. The molecule has 0 aliphatic rings. The van der Waals surface area contributed by atoms with Gasteiger partial charge >= 0.3 is 0 Å². The van der Waals surface area contributed by atoms with Gasteiger partial charge in [0.15, 0.2) is 0 Å². The van der Waals surface area contributed by atoms with E-state index >= 15 is 0 Å². The van der Waals surface area contributed by atoms with E-state index in [0.717, 1.165) is 17.2 Å². The first-order valence-electron chi connectivity index (χ1n) is 6.27. The Morgan fingerprint density at radius 3 is 2.74 bits per heavy atom. The summed E-state index contributed by atoms with van der Waals surface area (Å²) in [5.74, 6) is 0.581. The van der Waals surface area contributed by atoms with E-state index in [0.29, 0.717) is 6.54 Å². The molecular weight excluding hydrogens is 241 g/mol. The van der Waals surface area contributed by atoms with Crippen LogP contribution in [0, 0.1) is 12.7 Å². The molecule has 0 spiro atoms. The lowest BCUT2D eigenvalue weighted by Crippen LogP contribution is -2.11. The first-order valence-corrected chi connectivity index (χ1v) is 6.27. The Morgan fingerprint density at radius 2 is 2.11 bits per heavy atom. The van der Waals surface area contributed by atoms with E-state index in [1.54, 1.807) is 18.2 Å². The number of aromatic nitrogens is 2. The number of anilines is 1. The molecule has 0 fully saturated rings. The number of aryl methyl sites for hydroxylation is 1. The van der Waals surface area contributed by atoms with Crippen LogP contribution in [-0.2, 0) is 0 Å². The number of benzene rings is 1. The average Bonchev–Trinajstić information content (AvgIpc) is 2.77. The highest BCUT2D eigenvalue weighted by atomic mass is 19.1. The van der Waals surface area contributed by atoms with Crippen LogP contribution < -0.4 is 5.32 Å². The van der Waals surface area contributed by atoms with Crippen molar-refractivity contribution >= 4 is 5.95 Å². The third-order valence-corrected chi connectivity index (χ3v) is 3.03. The van der Waals surface area contributed by atoms with Crippen LogP contribution in [0.25, 0.3) is 0 Å². The fraction of sp³-hybridized carbons (Fsp3) is 0.267. The predicted molar refractivity (Wildman–Crippen MR) is 75.9 cm³/mol. The van der Waals surface area contributed by atoms with E-state index in [-0.39, 0.29) is 11.9 Å². The largest absolute Gasteiger partial charge is 0.352 e. The van der Waals surface area contributed by atoms with E-state index < -0.39 is 0 Å². The smallest absolute Gasteiger partial charge is 0.203 e. The Bertz CT molecular complexity index is 557. The Hall–Kier alpha value is -2.10. The van der Waals surface area contributed by atoms with Gasteiger partial charge in [0, 0.05) is 12.7 Å². The lowest BCUT2D eigenvalue weighted by Gasteiger charge is -2.17. The van der Waals surface area contributed by atoms with Gasteiger partial charge in [-0.3, -0.25) is 0 Å². The third kappa shape index (κ3) is 3.02. The summed E-state index contributed by atoms with van der Waals surface area (Å²) in [7, 11) is 0. The number of rotatable bonds is 5. The summed E-state index contributed by atoms with van der Waals surface area (Å²) < 4.78 is 15.0. The molecule has 2 rings (SSSR count). The second-order valence-corrected chi connectivity index (χ2v) is 4.51. The normalized spacial score (nSPS) is 12.2. The van der Waals surface area contributed by atoms with Crippen molar-refractivity contribution in [1.82, 2.24) is 9.55 Å². The van der Waals surface area contributed by atoms with Gasteiger partial charge in [-0.25, -0.2) is 9.37 Å². The molecule has 1 heterocycles. The fourth-order valence-electron chi connectivity index (χ4n) is 2.01. The maximum absolute atomic E-state index is 13.0. The molecule has 0 aliphatic heterocycles. The molecule has 0 bridgehead atoms. The molecule has 100 valence electrons. The van der Waals surface area contributed by atoms with Crippen LogP contribution in [0.1, 0.15) is 24.2 Å². The zero-order valence-corrected chi connectivity index (χ0v) is 11.2. The van der Waals surface area contributed by atoms with E-state index in [9.17, 15) is 4.39 Å². The van der Waals surface area contributed by atoms with Crippen molar-refractivity contribution in [1.29, 1.82) is 0 Å². The lowest BCUT2D eigenvalue weighted by molar-refractivity contribution is 0.617. The molecule has 0 saturated heterocycles. The van der Waals surface area contributed by atoms with Gasteiger partial charge in [-0.1, -0.05) is 18.2 Å². The summed E-state index contributed by atoms with van der Waals surface area (Å²) in [6.07, 6.45) is 3.77. The minimum absolute atomic E-state index is 0.0918. The number of halogens is 1. The van der Waals surface area contributed by atoms with Crippen LogP contribution >= 0.6 is 0 Å². The van der Waals surface area contributed by atoms with E-state index in [1.165, 1.54) is 12.1 Å². The molecule has 1 aromatic carbocycles. The molecule has 2 aromatic rings. The van der Waals surface area contributed by atoms with Crippen LogP contribution in [0.2, 0.25) is 0 Å². The molecule has 1 unspecified atom stereocenters. The first-order chi connectivity index (χ1) is 9.11. The topological polar surface area (TPSA) is 29.9 Å². The Morgan fingerprint density at radius 1 is 1.42 bits per heavy atom. The molecule has 0 saturated carbocycles. The second-order valence-electron chi connectivity index (χ2n) is 4.51. The van der Waals surface area contributed by atoms with Gasteiger partial charge in [0.2, 0.25) is 5.95 Å². The highest BCUT2D eigenvalue weighted by Crippen LogP contribution is 2.23. The molecule has 1 N–H and O–H groups in total. The van der Waals surface area contributed by atoms with Gasteiger partial charge in [-0.15, -0.1) is 6.58 Å². The van der Waals surface area contributed by atoms with Crippen molar-refractivity contribution in [2.45, 2.75) is 19.9 Å². The number of hydrogen-bond donors (Lipinski definition) is 1. The van der Waals surface area contributed by atoms with Crippen LogP contribution in [0.15, 0.2) is 43.1 Å². The summed E-state index contributed by atoms with van der Waals surface area (Å²) >= 11 is 0. The number of nitrogens with one attached hydrogen (secondary N) is 1. The van der Waals surface area contributed by atoms with Crippen LogP contribution in [0.4, 0.5) is 10.3 Å². The number of imidazole rings is 1. The van der Waals surface area contributed by atoms with E-state index in [1.807, 2.05) is 17.7 Å². The summed E-state index contributed by atoms with van der Waals surface area (Å²) in [5, 5.41) is 3.21. The first kappa shape index (κ1) is 13.3. The maximum atomic E-state index is 13.0. The van der Waals surface area contributed by atoms with Crippen molar-refractivity contribution in [2.75, 3.05) is 11.9 Å². The summed E-state index contributed by atoms with van der Waals surface area (Å²) in [4.78, 5) is 4.44. The zero-order chi connectivity index (χ0) is 13.8. The van der Waals surface area contributed by atoms with Crippen molar-refractivity contribution in [3.05, 3.63) is 60.2 Å². The van der Waals surface area contributed by atoms with E-state index in [4.69, 9.17) is 0 Å². The number of hydrogen-bond acceptors (Lipinski definition) is 2. The average molecular weight is 259 g/mol. The summed E-state index contributed by atoms with van der Waals surface area (Å²) in [6, 6.07) is 6.65. The molecule has 1 aromatic heterocycles. The van der Waals surface area contributed by atoms with Gasteiger partial charge in [0.1, 0.15) is 5.82 Å². The van der Waals surface area contributed by atoms with Gasteiger partial charge in [0.05, 0.1) is 11.7 Å². The van der Waals surface area contributed by atoms with Crippen molar-refractivity contribution in [3.8, 4) is 0 Å². The summed E-state index contributed by atoms with van der Waals surface area (Å²) in [5.41, 5.74) is 1.99. The van der Waals surface area contributed by atoms with Gasteiger partial charge < -0.3 is 9.88 Å². The maximum Gasteiger partial charge on any atom is 0.203 e.